The van der Waals surface area contributed by atoms with Gasteiger partial charge in [-0.05, 0) is 157 Å². The Bertz CT molecular complexity index is 2610. The van der Waals surface area contributed by atoms with Crippen LogP contribution in [-0.2, 0) is 33.5 Å². The fourth-order valence-electron chi connectivity index (χ4n) is 12.2. The predicted octanol–water partition coefficient (Wildman–Crippen LogP) is 9.53. The SMILES string of the molecule is CC1(C)CC=C(c2cc(C3(O)CCC(N4CCOCC4)CC3)ccc2CC(=O)c2ncc(C#N)[nH]2)CC1.CC1(C)CC=C(c2cc(C3(O)CCC(N4CCOCC4)CC3)ccc2CC(=O)c2ncc(C#N)[nH]2)CC1. The number of ether oxygens (including phenoxy) is 2. The minimum Gasteiger partial charge on any atom is -0.385 e. The zero-order chi connectivity index (χ0) is 52.1. The Balaban J connectivity index is 0.000000182. The summed E-state index contributed by atoms with van der Waals surface area (Å²) >= 11 is 0. The molecule has 2 aromatic carbocycles. The Morgan fingerprint density at radius 3 is 1.32 bits per heavy atom. The quantitative estimate of drug-likeness (QED) is 0.0980. The van der Waals surface area contributed by atoms with E-state index in [0.29, 0.717) is 12.1 Å². The second kappa shape index (κ2) is 22.7. The number of allylic oxidation sites excluding steroid dienone is 4. The van der Waals surface area contributed by atoms with Gasteiger partial charge in [-0.1, -0.05) is 64.1 Å². The van der Waals surface area contributed by atoms with E-state index in [1.807, 2.05) is 36.4 Å². The highest BCUT2D eigenvalue weighted by molar-refractivity contribution is 5.96. The average Bonchev–Trinajstić information content (AvgIpc) is 4.12. The number of hydrogen-bond donors (Lipinski definition) is 4. The smallest absolute Gasteiger partial charge is 0.202 e. The van der Waals surface area contributed by atoms with Gasteiger partial charge in [0.1, 0.15) is 23.5 Å². The summed E-state index contributed by atoms with van der Waals surface area (Å²) < 4.78 is 11.0. The Morgan fingerprint density at radius 1 is 0.622 bits per heavy atom. The molecule has 0 atom stereocenters. The van der Waals surface area contributed by atoms with E-state index in [9.17, 15) is 19.8 Å². The zero-order valence-electron chi connectivity index (χ0n) is 44.1. The van der Waals surface area contributed by atoms with Crippen LogP contribution in [0.2, 0.25) is 0 Å². The number of nitriles is 2. The molecule has 0 bridgehead atoms. The van der Waals surface area contributed by atoms with Gasteiger partial charge in [-0.2, -0.15) is 10.5 Å². The molecular weight excluding hydrogens is 929 g/mol. The maximum absolute atomic E-state index is 13.0. The van der Waals surface area contributed by atoms with E-state index < -0.39 is 11.2 Å². The molecule has 14 heteroatoms. The van der Waals surface area contributed by atoms with Gasteiger partial charge < -0.3 is 29.7 Å². The summed E-state index contributed by atoms with van der Waals surface area (Å²) in [5.41, 5.74) is 7.85. The number of Topliss-reactive ketones (excluding diaryl/α,β-unsaturated/α-hetero) is 2. The van der Waals surface area contributed by atoms with Gasteiger partial charge >= 0.3 is 0 Å². The van der Waals surface area contributed by atoms with Crippen molar-refractivity contribution in [3.8, 4) is 12.1 Å². The van der Waals surface area contributed by atoms with Crippen LogP contribution in [0.5, 0.6) is 0 Å². The number of ketones is 2. The number of hydrogen-bond acceptors (Lipinski definition) is 12. The number of nitrogens with zero attached hydrogens (tertiary/aromatic N) is 6. The van der Waals surface area contributed by atoms with Crippen molar-refractivity contribution in [2.45, 2.75) is 154 Å². The van der Waals surface area contributed by atoms with Crippen molar-refractivity contribution in [1.29, 1.82) is 10.5 Å². The molecule has 14 nitrogen and oxygen atoms in total. The van der Waals surface area contributed by atoms with Crippen LogP contribution in [0.15, 0.2) is 60.9 Å². The van der Waals surface area contributed by atoms with E-state index in [0.717, 1.165) is 176 Å². The number of H-pyrrole nitrogens is 2. The Hall–Kier alpha value is -5.58. The van der Waals surface area contributed by atoms with Crippen molar-refractivity contribution in [1.82, 2.24) is 29.7 Å². The highest BCUT2D eigenvalue weighted by Gasteiger charge is 2.40. The van der Waals surface area contributed by atoms with Gasteiger partial charge in [-0.15, -0.1) is 0 Å². The van der Waals surface area contributed by atoms with E-state index in [2.05, 4.69) is 81.7 Å². The minimum atomic E-state index is -0.850. The zero-order valence-corrected chi connectivity index (χ0v) is 44.1. The molecule has 4 fully saturated rings. The lowest BCUT2D eigenvalue weighted by molar-refractivity contribution is -0.0450. The summed E-state index contributed by atoms with van der Waals surface area (Å²) in [5.74, 6) is 0.143. The fraction of sp³-hybridized carbons (Fsp3) is 0.567. The molecule has 4 heterocycles. The van der Waals surface area contributed by atoms with Crippen molar-refractivity contribution in [3.63, 3.8) is 0 Å². The third kappa shape index (κ3) is 12.6. The topological polar surface area (TPSA) is 204 Å². The number of aromatic amines is 2. The molecule has 74 heavy (non-hydrogen) atoms. The van der Waals surface area contributed by atoms with Gasteiger partial charge in [0, 0.05) is 51.1 Å². The molecule has 2 aliphatic heterocycles. The molecule has 392 valence electrons. The van der Waals surface area contributed by atoms with Crippen LogP contribution >= 0.6 is 0 Å². The largest absolute Gasteiger partial charge is 0.385 e. The van der Waals surface area contributed by atoms with Crippen LogP contribution in [0.4, 0.5) is 0 Å². The fourth-order valence-corrected chi connectivity index (χ4v) is 12.2. The van der Waals surface area contributed by atoms with Crippen LogP contribution in [0, 0.1) is 33.5 Å². The normalized spacial score (nSPS) is 26.3. The average molecular weight is 1010 g/mol. The number of carbonyl (C=O) groups excluding carboxylic acids is 2. The van der Waals surface area contributed by atoms with Gasteiger partial charge in [0.25, 0.3) is 0 Å². The van der Waals surface area contributed by atoms with Gasteiger partial charge in [0.15, 0.2) is 11.6 Å². The molecule has 0 radical (unpaired) electrons. The van der Waals surface area contributed by atoms with Gasteiger partial charge in [-0.25, -0.2) is 9.97 Å². The molecule has 10 rings (SSSR count). The van der Waals surface area contributed by atoms with Crippen molar-refractivity contribution in [3.05, 3.63) is 117 Å². The first-order valence-electron chi connectivity index (χ1n) is 27.2. The van der Waals surface area contributed by atoms with Crippen LogP contribution in [0.25, 0.3) is 11.1 Å². The monoisotopic (exact) mass is 1000 g/mol. The summed E-state index contributed by atoms with van der Waals surface area (Å²) in [6.45, 7) is 16.3. The van der Waals surface area contributed by atoms with Crippen LogP contribution in [0.3, 0.4) is 0 Å². The summed E-state index contributed by atoms with van der Waals surface area (Å²) in [4.78, 5) is 44.9. The number of carbonyl (C=O) groups is 2. The van der Waals surface area contributed by atoms with Crippen LogP contribution in [-0.4, -0.2) is 116 Å². The number of morpholine rings is 2. The molecule has 4 N–H and O–H groups in total. The van der Waals surface area contributed by atoms with Gasteiger partial charge in [-0.3, -0.25) is 19.4 Å². The maximum atomic E-state index is 13.0. The number of aliphatic hydroxyl groups is 2. The molecule has 4 aliphatic carbocycles. The van der Waals surface area contributed by atoms with E-state index in [1.165, 1.54) is 23.5 Å². The Morgan fingerprint density at radius 2 is 1.00 bits per heavy atom. The number of imidazole rings is 2. The van der Waals surface area contributed by atoms with Crippen LogP contribution in [0.1, 0.15) is 184 Å². The van der Waals surface area contributed by atoms with Crippen molar-refractivity contribution >= 4 is 22.7 Å². The third-order valence-corrected chi connectivity index (χ3v) is 17.2. The first-order valence-corrected chi connectivity index (χ1v) is 27.2. The summed E-state index contributed by atoms with van der Waals surface area (Å²) in [6.07, 6.45) is 20.7. The molecule has 0 unspecified atom stereocenters. The van der Waals surface area contributed by atoms with E-state index in [1.54, 1.807) is 0 Å². The molecule has 2 saturated heterocycles. The van der Waals surface area contributed by atoms with E-state index in [4.69, 9.17) is 20.0 Å². The molecule has 6 aliphatic rings. The molecule has 2 saturated carbocycles. The van der Waals surface area contributed by atoms with E-state index >= 15 is 0 Å². The lowest BCUT2D eigenvalue weighted by atomic mass is 9.74. The molecule has 4 aromatic rings. The lowest BCUT2D eigenvalue weighted by Crippen LogP contribution is -2.47. The number of benzene rings is 2. The maximum Gasteiger partial charge on any atom is 0.202 e. The van der Waals surface area contributed by atoms with Gasteiger partial charge in [0.2, 0.25) is 11.6 Å². The first-order chi connectivity index (χ1) is 35.5. The number of aromatic nitrogens is 4. The van der Waals surface area contributed by atoms with Crippen molar-refractivity contribution in [2.75, 3.05) is 52.6 Å². The number of rotatable bonds is 12. The Labute approximate surface area is 437 Å². The number of nitrogens with one attached hydrogen (secondary N) is 2. The summed E-state index contributed by atoms with van der Waals surface area (Å²) in [7, 11) is 0. The second-order valence-electron chi connectivity index (χ2n) is 23.5. The van der Waals surface area contributed by atoms with E-state index in [-0.39, 0.29) is 58.3 Å². The standard InChI is InChI=1S/2C30H38N4O3/c2*1-29(2)9-5-21(6-10-29)26-18-23(4-3-22(26)17-27(35)28-32-20-24(19-31)33-28)30(36)11-7-25(8-12-30)34-13-15-37-16-14-34/h2*3-5,18,20,25,36H,6-17H2,1-2H3,(H,32,33). The predicted molar refractivity (Wildman–Crippen MR) is 284 cm³/mol. The van der Waals surface area contributed by atoms with Crippen molar-refractivity contribution in [2.24, 2.45) is 10.8 Å². The molecule has 0 amide bonds. The Kier molecular flexibility index (Phi) is 16.3. The molecule has 0 spiro atoms. The third-order valence-electron chi connectivity index (χ3n) is 17.2. The highest BCUT2D eigenvalue weighted by Crippen LogP contribution is 2.45. The molecule has 2 aromatic heterocycles. The highest BCUT2D eigenvalue weighted by atomic mass is 16.5. The first kappa shape index (κ1) is 53.3. The molecular formula is C60H76N8O6. The summed E-state index contributed by atoms with van der Waals surface area (Å²) in [6, 6.07) is 17.3. The summed E-state index contributed by atoms with van der Waals surface area (Å²) in [5, 5.41) is 41.7. The minimum absolute atomic E-state index is 0.142. The second-order valence-corrected chi connectivity index (χ2v) is 23.5. The lowest BCUT2D eigenvalue weighted by Gasteiger charge is -2.42. The van der Waals surface area contributed by atoms with Crippen molar-refractivity contribution < 1.29 is 29.3 Å². The van der Waals surface area contributed by atoms with Gasteiger partial charge in [0.05, 0.1) is 50.0 Å². The van der Waals surface area contributed by atoms with Crippen LogP contribution < -0.4 is 0 Å².